The molecule has 10 nitrogen and oxygen atoms in total. The number of aromatic nitrogens is 1. The van der Waals surface area contributed by atoms with Crippen molar-refractivity contribution in [2.24, 2.45) is 0 Å². The number of carbonyl (C=O) groups is 1. The number of hydrogen-bond donors (Lipinski definition) is 1. The summed E-state index contributed by atoms with van der Waals surface area (Å²) in [5.41, 5.74) is 0.752. The first-order valence-electron chi connectivity index (χ1n) is 8.66. The zero-order valence-corrected chi connectivity index (χ0v) is 18.2. The van der Waals surface area contributed by atoms with E-state index in [0.29, 0.717) is 11.5 Å². The average molecular weight is 463 g/mol. The van der Waals surface area contributed by atoms with Crippen LogP contribution in [0.1, 0.15) is 15.9 Å². The molecule has 0 bridgehead atoms. The largest absolute Gasteiger partial charge is 0.496 e. The molecule has 1 heterocycles. The van der Waals surface area contributed by atoms with Crippen molar-refractivity contribution in [1.82, 2.24) is 4.98 Å². The lowest BCUT2D eigenvalue weighted by Gasteiger charge is -2.12. The third kappa shape index (κ3) is 4.49. The molecule has 0 aliphatic carbocycles. The third-order valence-corrected chi connectivity index (χ3v) is 7.49. The normalized spacial score (nSPS) is 11.1. The van der Waals surface area contributed by atoms with Gasteiger partial charge in [-0.15, -0.1) is 0 Å². The lowest BCUT2D eigenvalue weighted by Crippen LogP contribution is -2.12. The van der Waals surface area contributed by atoms with E-state index in [1.807, 2.05) is 0 Å². The summed E-state index contributed by atoms with van der Waals surface area (Å²) in [4.78, 5) is 26.6. The van der Waals surface area contributed by atoms with Crippen molar-refractivity contribution < 1.29 is 27.6 Å². The van der Waals surface area contributed by atoms with Gasteiger partial charge >= 0.3 is 0 Å². The number of rotatable bonds is 7. The summed E-state index contributed by atoms with van der Waals surface area (Å²) in [6.07, 6.45) is 1.12. The first-order chi connectivity index (χ1) is 14.7. The molecule has 0 saturated carbocycles. The van der Waals surface area contributed by atoms with Gasteiger partial charge in [-0.05, 0) is 31.2 Å². The number of sulfone groups is 1. The first-order valence-corrected chi connectivity index (χ1v) is 11.0. The quantitative estimate of drug-likeness (QED) is 0.415. The molecule has 0 spiro atoms. The molecule has 12 heteroatoms. The molecule has 1 aromatic heterocycles. The number of thiazole rings is 1. The van der Waals surface area contributed by atoms with E-state index >= 15 is 0 Å². The number of benzene rings is 2. The van der Waals surface area contributed by atoms with Crippen molar-refractivity contribution in [3.63, 3.8) is 0 Å². The molecule has 0 unspecified atom stereocenters. The molecule has 3 rings (SSSR count). The van der Waals surface area contributed by atoms with Crippen LogP contribution in [-0.2, 0) is 9.84 Å². The molecule has 1 N–H and O–H groups in total. The Kier molecular flexibility index (Phi) is 6.22. The molecular weight excluding hydrogens is 446 g/mol. The Hall–Kier alpha value is -3.51. The molecule has 0 fully saturated rings. The van der Waals surface area contributed by atoms with E-state index in [4.69, 9.17) is 9.47 Å². The summed E-state index contributed by atoms with van der Waals surface area (Å²) in [7, 11) is -1.00. The Bertz CT molecular complexity index is 1230. The van der Waals surface area contributed by atoms with Crippen LogP contribution >= 0.6 is 11.3 Å². The fraction of sp³-hybridized carbons (Fsp3) is 0.158. The van der Waals surface area contributed by atoms with E-state index in [0.717, 1.165) is 47.4 Å². The van der Waals surface area contributed by atoms with Gasteiger partial charge in [0.2, 0.25) is 9.84 Å². The highest BCUT2D eigenvalue weighted by Gasteiger charge is 2.23. The fourth-order valence-corrected chi connectivity index (χ4v) is 5.12. The van der Waals surface area contributed by atoms with Crippen LogP contribution in [-0.4, -0.2) is 38.5 Å². The summed E-state index contributed by atoms with van der Waals surface area (Å²) < 4.78 is 35.9. The van der Waals surface area contributed by atoms with Crippen LogP contribution < -0.4 is 14.8 Å². The van der Waals surface area contributed by atoms with Crippen LogP contribution in [0.3, 0.4) is 0 Å². The summed E-state index contributed by atoms with van der Waals surface area (Å²) in [6.45, 7) is 1.79. The standard InChI is InChI=1S/C19H17N3O7S2/c1-11-15(28-2)8-12(9-16(11)29-3)18(23)21-19-20-10-17(30-19)31(26,27)14-6-4-13(5-7-14)22(24)25/h4-10H,1-3H3,(H,20,21,23). The van der Waals surface area contributed by atoms with Gasteiger partial charge in [0.15, 0.2) is 5.13 Å². The number of amides is 1. The molecule has 1 amide bonds. The number of hydrogen-bond acceptors (Lipinski definition) is 9. The number of methoxy groups -OCH3 is 2. The Labute approximate surface area is 181 Å². The van der Waals surface area contributed by atoms with Crippen LogP contribution in [0.4, 0.5) is 10.8 Å². The van der Waals surface area contributed by atoms with Crippen molar-refractivity contribution >= 4 is 37.9 Å². The third-order valence-electron chi connectivity index (χ3n) is 4.34. The number of nitro groups is 1. The van der Waals surface area contributed by atoms with Crippen molar-refractivity contribution in [2.45, 2.75) is 16.0 Å². The number of ether oxygens (including phenoxy) is 2. The zero-order valence-electron chi connectivity index (χ0n) is 16.6. The molecule has 0 radical (unpaired) electrons. The highest BCUT2D eigenvalue weighted by atomic mass is 32.2. The van der Waals surface area contributed by atoms with Crippen LogP contribution in [0.15, 0.2) is 51.7 Å². The van der Waals surface area contributed by atoms with Gasteiger partial charge in [-0.3, -0.25) is 20.2 Å². The Morgan fingerprint density at radius 1 is 1.13 bits per heavy atom. The number of carbonyl (C=O) groups excluding carboxylic acids is 1. The molecule has 162 valence electrons. The van der Waals surface area contributed by atoms with Crippen molar-refractivity contribution in [3.05, 3.63) is 63.8 Å². The maximum atomic E-state index is 12.7. The molecule has 0 saturated heterocycles. The number of nitro benzene ring substituents is 1. The second-order valence-corrected chi connectivity index (χ2v) is 9.41. The Morgan fingerprint density at radius 2 is 1.71 bits per heavy atom. The lowest BCUT2D eigenvalue weighted by atomic mass is 10.1. The maximum absolute atomic E-state index is 12.7. The second-order valence-electron chi connectivity index (χ2n) is 6.20. The van der Waals surface area contributed by atoms with Gasteiger partial charge in [0.05, 0.1) is 30.2 Å². The van der Waals surface area contributed by atoms with Crippen molar-refractivity contribution in [1.29, 1.82) is 0 Å². The summed E-state index contributed by atoms with van der Waals surface area (Å²) >= 11 is 0.764. The highest BCUT2D eigenvalue weighted by Crippen LogP contribution is 2.32. The average Bonchev–Trinajstić information content (AvgIpc) is 3.23. The van der Waals surface area contributed by atoms with Gasteiger partial charge in [-0.2, -0.15) is 0 Å². The number of nitrogens with zero attached hydrogens (tertiary/aromatic N) is 2. The minimum atomic E-state index is -3.95. The monoisotopic (exact) mass is 463 g/mol. The molecule has 0 atom stereocenters. The molecule has 31 heavy (non-hydrogen) atoms. The number of nitrogens with one attached hydrogen (secondary N) is 1. The van der Waals surface area contributed by atoms with Crippen molar-refractivity contribution in [3.8, 4) is 11.5 Å². The zero-order chi connectivity index (χ0) is 22.8. The predicted octanol–water partition coefficient (Wildman–Crippen LogP) is 3.46. The topological polar surface area (TPSA) is 138 Å². The number of anilines is 1. The SMILES string of the molecule is COc1cc(C(=O)Nc2ncc(S(=O)(=O)c3ccc([N+](=O)[O-])cc3)s2)cc(OC)c1C. The van der Waals surface area contributed by atoms with Gasteiger partial charge < -0.3 is 9.47 Å². The van der Waals surface area contributed by atoms with Crippen LogP contribution in [0, 0.1) is 17.0 Å². The van der Waals surface area contributed by atoms with Gasteiger partial charge in [0.25, 0.3) is 11.6 Å². The molecule has 0 aliphatic rings. The molecule has 2 aromatic carbocycles. The summed E-state index contributed by atoms with van der Waals surface area (Å²) in [6, 6.07) is 7.58. The highest BCUT2D eigenvalue weighted by molar-refractivity contribution is 7.93. The van der Waals surface area contributed by atoms with Gasteiger partial charge in [0, 0.05) is 23.3 Å². The first kappa shape index (κ1) is 22.2. The van der Waals surface area contributed by atoms with Crippen LogP contribution in [0.5, 0.6) is 11.5 Å². The molecule has 0 aliphatic heterocycles. The summed E-state index contributed by atoms with van der Waals surface area (Å²) in [5, 5.41) is 13.4. The van der Waals surface area contributed by atoms with E-state index in [1.54, 1.807) is 6.92 Å². The fourth-order valence-electron chi connectivity index (χ4n) is 2.69. The minimum absolute atomic E-state index is 0.0731. The Balaban J connectivity index is 1.84. The second kappa shape index (κ2) is 8.70. The van der Waals surface area contributed by atoms with Gasteiger partial charge in [-0.1, -0.05) is 11.3 Å². The smallest absolute Gasteiger partial charge is 0.269 e. The van der Waals surface area contributed by atoms with Gasteiger partial charge in [0.1, 0.15) is 15.7 Å². The van der Waals surface area contributed by atoms with E-state index in [9.17, 15) is 23.3 Å². The van der Waals surface area contributed by atoms with Crippen molar-refractivity contribution in [2.75, 3.05) is 19.5 Å². The van der Waals surface area contributed by atoms with Crippen LogP contribution in [0.2, 0.25) is 0 Å². The Morgan fingerprint density at radius 3 is 2.23 bits per heavy atom. The van der Waals surface area contributed by atoms with Gasteiger partial charge in [-0.25, -0.2) is 13.4 Å². The van der Waals surface area contributed by atoms with E-state index < -0.39 is 20.7 Å². The van der Waals surface area contributed by atoms with E-state index in [1.165, 1.54) is 26.4 Å². The predicted molar refractivity (Wildman–Crippen MR) is 113 cm³/mol. The molecular formula is C19H17N3O7S2. The lowest BCUT2D eigenvalue weighted by molar-refractivity contribution is -0.384. The van der Waals surface area contributed by atoms with Crippen LogP contribution in [0.25, 0.3) is 0 Å². The minimum Gasteiger partial charge on any atom is -0.496 e. The van der Waals surface area contributed by atoms with E-state index in [-0.39, 0.29) is 25.5 Å². The number of non-ortho nitro benzene ring substituents is 1. The molecule has 3 aromatic rings. The maximum Gasteiger partial charge on any atom is 0.269 e. The summed E-state index contributed by atoms with van der Waals surface area (Å²) in [5.74, 6) is 0.403. The van der Waals surface area contributed by atoms with E-state index in [2.05, 4.69) is 10.3 Å².